The number of anilines is 1. The molecule has 32 heavy (non-hydrogen) atoms. The Kier molecular flexibility index (Phi) is 5.13. The molecule has 1 N–H and O–H groups in total. The van der Waals surface area contributed by atoms with Crippen LogP contribution in [-0.2, 0) is 0 Å². The quantitative estimate of drug-likeness (QED) is 0.495. The van der Waals surface area contributed by atoms with Crippen molar-refractivity contribution in [1.82, 2.24) is 14.6 Å². The molecule has 0 amide bonds. The Morgan fingerprint density at radius 3 is 2.50 bits per heavy atom. The summed E-state index contributed by atoms with van der Waals surface area (Å²) in [6.07, 6.45) is 1.86. The van der Waals surface area contributed by atoms with Crippen LogP contribution in [0.1, 0.15) is 24.1 Å². The fraction of sp³-hybridized carbons (Fsp3) is 0.280. The highest BCUT2D eigenvalue weighted by Crippen LogP contribution is 2.35. The van der Waals surface area contributed by atoms with Gasteiger partial charge in [-0.05, 0) is 68.1 Å². The number of halogens is 2. The Morgan fingerprint density at radius 1 is 1.03 bits per heavy atom. The molecule has 2 aromatic heterocycles. The fourth-order valence-electron chi connectivity index (χ4n) is 4.50. The average Bonchev–Trinajstić information content (AvgIpc) is 3.39. The Labute approximate surface area is 185 Å². The second kappa shape index (κ2) is 7.98. The normalized spacial score (nSPS) is 16.3. The lowest BCUT2D eigenvalue weighted by atomic mass is 10.0. The Hall–Kier alpha value is -3.32. The van der Waals surface area contributed by atoms with Crippen molar-refractivity contribution in [1.29, 1.82) is 0 Å². The summed E-state index contributed by atoms with van der Waals surface area (Å²) in [6, 6.07) is 13.3. The lowest BCUT2D eigenvalue weighted by molar-refractivity contribution is 0.266. The summed E-state index contributed by atoms with van der Waals surface area (Å²) in [6.45, 7) is 4.45. The molecule has 1 atom stereocenters. The van der Waals surface area contributed by atoms with E-state index in [4.69, 9.17) is 10.1 Å². The van der Waals surface area contributed by atoms with Gasteiger partial charge in [-0.2, -0.15) is 5.10 Å². The van der Waals surface area contributed by atoms with Crippen LogP contribution >= 0.6 is 0 Å². The molecule has 1 aliphatic rings. The SMILES string of the molecule is Cc1ccc(-c2c(C)nn3c(-c4ccc(F)cc4)cc(N4CCCC4CO)nc23)cc1F. The van der Waals surface area contributed by atoms with Crippen molar-refractivity contribution in [2.45, 2.75) is 32.7 Å². The maximum absolute atomic E-state index is 14.4. The predicted octanol–water partition coefficient (Wildman–Crippen LogP) is 4.92. The summed E-state index contributed by atoms with van der Waals surface area (Å²) >= 11 is 0. The number of benzene rings is 2. The van der Waals surface area contributed by atoms with E-state index in [2.05, 4.69) is 4.90 Å². The minimum atomic E-state index is -0.313. The summed E-state index contributed by atoms with van der Waals surface area (Å²) in [4.78, 5) is 7.03. The van der Waals surface area contributed by atoms with Gasteiger partial charge >= 0.3 is 0 Å². The minimum absolute atomic E-state index is 0.00435. The minimum Gasteiger partial charge on any atom is -0.394 e. The van der Waals surface area contributed by atoms with Crippen LogP contribution < -0.4 is 4.90 Å². The van der Waals surface area contributed by atoms with Crippen LogP contribution in [0.25, 0.3) is 28.0 Å². The highest BCUT2D eigenvalue weighted by atomic mass is 19.1. The number of aliphatic hydroxyl groups is 1. The van der Waals surface area contributed by atoms with E-state index in [0.717, 1.165) is 47.7 Å². The molecule has 4 aromatic rings. The van der Waals surface area contributed by atoms with Gasteiger partial charge in [0.1, 0.15) is 17.5 Å². The van der Waals surface area contributed by atoms with Crippen molar-refractivity contribution < 1.29 is 13.9 Å². The molecule has 0 aliphatic carbocycles. The number of nitrogens with zero attached hydrogens (tertiary/aromatic N) is 4. The number of fused-ring (bicyclic) bond motifs is 1. The first-order chi connectivity index (χ1) is 15.5. The van der Waals surface area contributed by atoms with Crippen molar-refractivity contribution in [2.75, 3.05) is 18.1 Å². The molecule has 7 heteroatoms. The Morgan fingerprint density at radius 2 is 1.78 bits per heavy atom. The smallest absolute Gasteiger partial charge is 0.166 e. The molecule has 0 radical (unpaired) electrons. The average molecular weight is 434 g/mol. The zero-order chi connectivity index (χ0) is 22.4. The molecular formula is C25H24F2N4O. The van der Waals surface area contributed by atoms with Gasteiger partial charge < -0.3 is 10.0 Å². The van der Waals surface area contributed by atoms with E-state index in [9.17, 15) is 13.9 Å². The molecule has 0 spiro atoms. The number of aryl methyl sites for hydroxylation is 2. The summed E-state index contributed by atoms with van der Waals surface area (Å²) in [7, 11) is 0. The lowest BCUT2D eigenvalue weighted by Crippen LogP contribution is -2.32. The van der Waals surface area contributed by atoms with Gasteiger partial charge in [-0.3, -0.25) is 0 Å². The molecule has 5 rings (SSSR count). The van der Waals surface area contributed by atoms with Crippen LogP contribution in [0.3, 0.4) is 0 Å². The van der Waals surface area contributed by atoms with E-state index in [1.807, 2.05) is 19.1 Å². The molecule has 3 heterocycles. The second-order valence-corrected chi connectivity index (χ2v) is 8.34. The van der Waals surface area contributed by atoms with Crippen LogP contribution in [0.4, 0.5) is 14.6 Å². The monoisotopic (exact) mass is 434 g/mol. The Bertz CT molecular complexity index is 1300. The van der Waals surface area contributed by atoms with Gasteiger partial charge in [-0.1, -0.05) is 12.1 Å². The first-order valence-corrected chi connectivity index (χ1v) is 10.8. The molecule has 0 bridgehead atoms. The number of aliphatic hydroxyl groups excluding tert-OH is 1. The van der Waals surface area contributed by atoms with Gasteiger partial charge in [0.15, 0.2) is 5.65 Å². The summed E-state index contributed by atoms with van der Waals surface area (Å²) in [5, 5.41) is 14.6. The van der Waals surface area contributed by atoms with E-state index in [0.29, 0.717) is 16.8 Å². The van der Waals surface area contributed by atoms with Gasteiger partial charge in [0.25, 0.3) is 0 Å². The first kappa shape index (κ1) is 20.6. The van der Waals surface area contributed by atoms with E-state index in [1.54, 1.807) is 29.6 Å². The third kappa shape index (κ3) is 3.42. The molecule has 1 saturated heterocycles. The van der Waals surface area contributed by atoms with Gasteiger partial charge in [0, 0.05) is 23.7 Å². The Balaban J connectivity index is 1.78. The molecule has 1 unspecified atom stereocenters. The third-order valence-electron chi connectivity index (χ3n) is 6.23. The predicted molar refractivity (Wildman–Crippen MR) is 121 cm³/mol. The molecule has 2 aromatic carbocycles. The zero-order valence-corrected chi connectivity index (χ0v) is 18.0. The summed E-state index contributed by atoms with van der Waals surface area (Å²) in [5.41, 5.74) is 4.92. The lowest BCUT2D eigenvalue weighted by Gasteiger charge is -2.25. The zero-order valence-electron chi connectivity index (χ0n) is 18.0. The largest absolute Gasteiger partial charge is 0.394 e. The molecule has 5 nitrogen and oxygen atoms in total. The van der Waals surface area contributed by atoms with E-state index in [1.165, 1.54) is 18.2 Å². The van der Waals surface area contributed by atoms with E-state index >= 15 is 0 Å². The topological polar surface area (TPSA) is 53.7 Å². The number of aromatic nitrogens is 3. The van der Waals surface area contributed by atoms with Gasteiger partial charge in [-0.15, -0.1) is 0 Å². The summed E-state index contributed by atoms with van der Waals surface area (Å²) in [5.74, 6) is 0.129. The van der Waals surface area contributed by atoms with Gasteiger partial charge in [-0.25, -0.2) is 18.3 Å². The molecule has 1 aliphatic heterocycles. The highest BCUT2D eigenvalue weighted by Gasteiger charge is 2.27. The van der Waals surface area contributed by atoms with Crippen LogP contribution in [0.15, 0.2) is 48.5 Å². The third-order valence-corrected chi connectivity index (χ3v) is 6.23. The number of hydrogen-bond acceptors (Lipinski definition) is 4. The van der Waals surface area contributed by atoms with Crippen LogP contribution in [0.5, 0.6) is 0 Å². The van der Waals surface area contributed by atoms with Crippen molar-refractivity contribution in [3.8, 4) is 22.4 Å². The maximum atomic E-state index is 14.4. The van der Waals surface area contributed by atoms with E-state index in [-0.39, 0.29) is 24.3 Å². The number of hydrogen-bond donors (Lipinski definition) is 1. The highest BCUT2D eigenvalue weighted by molar-refractivity contribution is 5.83. The van der Waals surface area contributed by atoms with Crippen molar-refractivity contribution >= 4 is 11.5 Å². The van der Waals surface area contributed by atoms with Crippen LogP contribution in [-0.4, -0.2) is 38.9 Å². The van der Waals surface area contributed by atoms with Crippen molar-refractivity contribution in [3.63, 3.8) is 0 Å². The molecule has 1 fully saturated rings. The van der Waals surface area contributed by atoms with Crippen molar-refractivity contribution in [3.05, 3.63) is 71.4 Å². The van der Waals surface area contributed by atoms with Crippen LogP contribution in [0, 0.1) is 25.5 Å². The standard InChI is InChI=1S/C25H24F2N4O/c1-15-5-6-18(12-21(15)27)24-16(2)29-31-22(17-7-9-19(26)10-8-17)13-23(28-25(24)31)30-11-3-4-20(30)14-32/h5-10,12-13,20,32H,3-4,11,14H2,1-2H3. The maximum Gasteiger partial charge on any atom is 0.166 e. The molecule has 164 valence electrons. The van der Waals surface area contributed by atoms with Gasteiger partial charge in [0.05, 0.1) is 24.0 Å². The summed E-state index contributed by atoms with van der Waals surface area (Å²) < 4.78 is 29.7. The first-order valence-electron chi connectivity index (χ1n) is 10.8. The van der Waals surface area contributed by atoms with Gasteiger partial charge in [0.2, 0.25) is 0 Å². The van der Waals surface area contributed by atoms with Crippen molar-refractivity contribution in [2.24, 2.45) is 0 Å². The van der Waals surface area contributed by atoms with Crippen LogP contribution in [0.2, 0.25) is 0 Å². The molecular weight excluding hydrogens is 410 g/mol. The fourth-order valence-corrected chi connectivity index (χ4v) is 4.50. The number of rotatable bonds is 4. The second-order valence-electron chi connectivity index (χ2n) is 8.34. The molecule has 0 saturated carbocycles. The van der Waals surface area contributed by atoms with E-state index < -0.39 is 0 Å².